The highest BCUT2D eigenvalue weighted by atomic mass is 19.4. The Bertz CT molecular complexity index is 481. The second-order valence-electron chi connectivity index (χ2n) is 8.36. The molecule has 2 atom stereocenters. The molecule has 0 aromatic carbocycles. The molecule has 3 N–H and O–H groups in total. The summed E-state index contributed by atoms with van der Waals surface area (Å²) < 4.78 is 40.0. The third-order valence-corrected chi connectivity index (χ3v) is 6.44. The zero-order valence-electron chi connectivity index (χ0n) is 15.2. The van der Waals surface area contributed by atoms with E-state index in [2.05, 4.69) is 10.2 Å². The van der Waals surface area contributed by atoms with Crippen molar-refractivity contribution >= 4 is 0 Å². The molecule has 6 heteroatoms. The maximum Gasteiger partial charge on any atom is 0.408 e. The van der Waals surface area contributed by atoms with Crippen LogP contribution in [-0.2, 0) is 0 Å². The van der Waals surface area contributed by atoms with Crippen LogP contribution in [0.25, 0.3) is 0 Å². The fraction of sp³-hybridized carbons (Fsp3) is 0.895. The van der Waals surface area contributed by atoms with Crippen molar-refractivity contribution in [3.05, 3.63) is 11.3 Å². The van der Waals surface area contributed by atoms with E-state index in [-0.39, 0.29) is 5.92 Å². The van der Waals surface area contributed by atoms with E-state index in [9.17, 15) is 13.2 Å². The molecular formula is C19H32F3N3. The highest BCUT2D eigenvalue weighted by Crippen LogP contribution is 2.35. The van der Waals surface area contributed by atoms with Crippen LogP contribution in [0.4, 0.5) is 13.2 Å². The molecule has 144 valence electrons. The Balaban J connectivity index is 1.55. The molecule has 2 aliphatic heterocycles. The average Bonchev–Trinajstić information content (AvgIpc) is 2.73. The second-order valence-corrected chi connectivity index (χ2v) is 8.36. The third-order valence-electron chi connectivity index (χ3n) is 6.44. The normalized spacial score (nSPS) is 35.1. The number of halogens is 3. The van der Waals surface area contributed by atoms with E-state index in [0.29, 0.717) is 19.0 Å². The number of hydrogen-bond acceptors (Lipinski definition) is 3. The fourth-order valence-corrected chi connectivity index (χ4v) is 4.62. The van der Waals surface area contributed by atoms with Gasteiger partial charge in [-0.25, -0.2) is 0 Å². The van der Waals surface area contributed by atoms with Crippen LogP contribution in [0.15, 0.2) is 11.3 Å². The van der Waals surface area contributed by atoms with Gasteiger partial charge in [0.15, 0.2) is 0 Å². The molecule has 1 aliphatic carbocycles. The van der Waals surface area contributed by atoms with Crippen LogP contribution in [0.3, 0.4) is 0 Å². The van der Waals surface area contributed by atoms with Gasteiger partial charge in [0.2, 0.25) is 0 Å². The highest BCUT2D eigenvalue weighted by molar-refractivity contribution is 5.21. The van der Waals surface area contributed by atoms with Crippen LogP contribution in [0, 0.1) is 11.8 Å². The van der Waals surface area contributed by atoms with Crippen LogP contribution in [0.1, 0.15) is 58.3 Å². The van der Waals surface area contributed by atoms with E-state index in [1.165, 1.54) is 18.4 Å². The smallest absolute Gasteiger partial charge is 0.376 e. The van der Waals surface area contributed by atoms with Crippen molar-refractivity contribution < 1.29 is 13.2 Å². The molecule has 0 amide bonds. The minimum atomic E-state index is -4.18. The predicted octanol–water partition coefficient (Wildman–Crippen LogP) is 3.80. The molecule has 1 fully saturated rings. The Morgan fingerprint density at radius 1 is 1.12 bits per heavy atom. The van der Waals surface area contributed by atoms with Crippen LogP contribution < -0.4 is 11.1 Å². The van der Waals surface area contributed by atoms with Gasteiger partial charge in [-0.2, -0.15) is 13.2 Å². The first-order chi connectivity index (χ1) is 11.8. The van der Waals surface area contributed by atoms with Crippen molar-refractivity contribution in [2.75, 3.05) is 19.6 Å². The number of nitrogens with zero attached hydrogens (tertiary/aromatic N) is 1. The Kier molecular flexibility index (Phi) is 5.99. The van der Waals surface area contributed by atoms with Gasteiger partial charge >= 0.3 is 6.18 Å². The lowest BCUT2D eigenvalue weighted by atomic mass is 9.84. The number of nitrogens with one attached hydrogen (secondary N) is 1. The minimum Gasteiger partial charge on any atom is -0.376 e. The summed E-state index contributed by atoms with van der Waals surface area (Å²) in [5, 5.41) is 2.88. The maximum absolute atomic E-state index is 13.3. The number of alkyl halides is 3. The predicted molar refractivity (Wildman–Crippen MR) is 94.0 cm³/mol. The summed E-state index contributed by atoms with van der Waals surface area (Å²) in [5.74, 6) is 0.366. The van der Waals surface area contributed by atoms with Gasteiger partial charge in [0, 0.05) is 24.8 Å². The van der Waals surface area contributed by atoms with Crippen molar-refractivity contribution in [2.45, 2.75) is 76.6 Å². The molecule has 0 radical (unpaired) electrons. The molecule has 0 aromatic rings. The standard InChI is InChI=1S/C19H32F3N3/c1-13-2-5-15-9-11-25(10-8-14-3-6-16(23)7-4-14)12-17(15)24-18(13)19(20,21)22/h13-14,16,18,24H,2-12,23H2,1H3/t13-,14?,16?,18?/m1/s1. The summed E-state index contributed by atoms with van der Waals surface area (Å²) in [5.41, 5.74) is 8.04. The Morgan fingerprint density at radius 3 is 2.52 bits per heavy atom. The molecule has 0 bridgehead atoms. The van der Waals surface area contributed by atoms with E-state index in [0.717, 1.165) is 56.8 Å². The average molecular weight is 359 g/mol. The molecule has 3 nitrogen and oxygen atoms in total. The number of rotatable bonds is 3. The zero-order valence-corrected chi connectivity index (χ0v) is 15.2. The lowest BCUT2D eigenvalue weighted by Crippen LogP contribution is -2.48. The molecule has 0 spiro atoms. The molecule has 1 saturated carbocycles. The zero-order chi connectivity index (χ0) is 18.0. The van der Waals surface area contributed by atoms with Crippen LogP contribution in [0.5, 0.6) is 0 Å². The van der Waals surface area contributed by atoms with Gasteiger partial charge in [0.1, 0.15) is 6.04 Å². The van der Waals surface area contributed by atoms with Crippen LogP contribution >= 0.6 is 0 Å². The number of hydrogen-bond donors (Lipinski definition) is 2. The molecule has 1 unspecified atom stereocenters. The van der Waals surface area contributed by atoms with E-state index < -0.39 is 12.2 Å². The van der Waals surface area contributed by atoms with Crippen molar-refractivity contribution in [3.63, 3.8) is 0 Å². The first kappa shape index (κ1) is 19.0. The molecule has 2 heterocycles. The largest absolute Gasteiger partial charge is 0.408 e. The summed E-state index contributed by atoms with van der Waals surface area (Å²) >= 11 is 0. The van der Waals surface area contributed by atoms with Crippen molar-refractivity contribution in [2.24, 2.45) is 17.6 Å². The first-order valence-electron chi connectivity index (χ1n) is 9.85. The Hall–Kier alpha value is -0.750. The molecule has 0 aromatic heterocycles. The minimum absolute atomic E-state index is 0.370. The van der Waals surface area contributed by atoms with E-state index in [1.807, 2.05) is 0 Å². The second kappa shape index (κ2) is 7.87. The van der Waals surface area contributed by atoms with Crippen molar-refractivity contribution in [1.82, 2.24) is 10.2 Å². The Morgan fingerprint density at radius 2 is 1.84 bits per heavy atom. The SMILES string of the molecule is C[C@@H]1CCC2=C(CN(CCC3CCC(N)CC3)CC2)NC1C(F)(F)F. The van der Waals surface area contributed by atoms with E-state index in [1.54, 1.807) is 6.92 Å². The summed E-state index contributed by atoms with van der Waals surface area (Å²) in [6.45, 7) is 4.35. The number of nitrogens with two attached hydrogens (primary N) is 1. The summed E-state index contributed by atoms with van der Waals surface area (Å²) in [7, 11) is 0. The van der Waals surface area contributed by atoms with Gasteiger partial charge in [-0.3, -0.25) is 4.90 Å². The van der Waals surface area contributed by atoms with Crippen molar-refractivity contribution in [1.29, 1.82) is 0 Å². The Labute approximate surface area is 149 Å². The summed E-state index contributed by atoms with van der Waals surface area (Å²) in [6.07, 6.45) is 3.96. The topological polar surface area (TPSA) is 41.3 Å². The first-order valence-corrected chi connectivity index (χ1v) is 9.85. The van der Waals surface area contributed by atoms with E-state index in [4.69, 9.17) is 5.73 Å². The van der Waals surface area contributed by atoms with Gasteiger partial charge in [-0.15, -0.1) is 0 Å². The van der Waals surface area contributed by atoms with Gasteiger partial charge in [-0.05, 0) is 75.3 Å². The van der Waals surface area contributed by atoms with Crippen molar-refractivity contribution in [3.8, 4) is 0 Å². The van der Waals surface area contributed by atoms with Gasteiger partial charge < -0.3 is 11.1 Å². The quantitative estimate of drug-likeness (QED) is 0.805. The van der Waals surface area contributed by atoms with Crippen LogP contribution in [-0.4, -0.2) is 42.8 Å². The lowest BCUT2D eigenvalue weighted by Gasteiger charge is -2.34. The van der Waals surface area contributed by atoms with Gasteiger partial charge in [0.05, 0.1) is 0 Å². The lowest BCUT2D eigenvalue weighted by molar-refractivity contribution is -0.164. The molecule has 3 rings (SSSR count). The summed E-state index contributed by atoms with van der Waals surface area (Å²) in [6, 6.07) is -1.03. The van der Waals surface area contributed by atoms with Gasteiger partial charge in [-0.1, -0.05) is 6.92 Å². The molecule has 3 aliphatic rings. The highest BCUT2D eigenvalue weighted by Gasteiger charge is 2.44. The maximum atomic E-state index is 13.3. The molecular weight excluding hydrogens is 327 g/mol. The molecule has 0 saturated heterocycles. The molecule has 25 heavy (non-hydrogen) atoms. The van der Waals surface area contributed by atoms with E-state index >= 15 is 0 Å². The summed E-state index contributed by atoms with van der Waals surface area (Å²) in [4.78, 5) is 2.34. The monoisotopic (exact) mass is 359 g/mol. The third kappa shape index (κ3) is 4.91. The fourth-order valence-electron chi connectivity index (χ4n) is 4.62. The van der Waals surface area contributed by atoms with Gasteiger partial charge in [0.25, 0.3) is 0 Å². The van der Waals surface area contributed by atoms with Crippen LogP contribution in [0.2, 0.25) is 0 Å².